The van der Waals surface area contributed by atoms with Gasteiger partial charge in [0.15, 0.2) is 5.01 Å². The number of benzene rings is 1. The Morgan fingerprint density at radius 2 is 2.11 bits per heavy atom. The SMILES string of the molecule is CC(N)c1nnc(-c2cc(F)cc([N+](=O)[O-])c2F)s1. The second-order valence-corrected chi connectivity index (χ2v) is 4.79. The zero-order valence-electron chi connectivity index (χ0n) is 9.63. The second-order valence-electron chi connectivity index (χ2n) is 3.78. The summed E-state index contributed by atoms with van der Waals surface area (Å²) >= 11 is 0.961. The van der Waals surface area contributed by atoms with E-state index >= 15 is 0 Å². The molecule has 2 rings (SSSR count). The first-order chi connectivity index (χ1) is 8.90. The van der Waals surface area contributed by atoms with Gasteiger partial charge in [0.25, 0.3) is 0 Å². The van der Waals surface area contributed by atoms with Crippen molar-refractivity contribution in [2.45, 2.75) is 13.0 Å². The third-order valence-corrected chi connectivity index (χ3v) is 3.43. The first-order valence-corrected chi connectivity index (χ1v) is 5.94. The number of nitrogens with zero attached hydrogens (tertiary/aromatic N) is 3. The topological polar surface area (TPSA) is 94.9 Å². The zero-order chi connectivity index (χ0) is 14.2. The molecule has 1 aromatic carbocycles. The molecule has 0 bridgehead atoms. The Morgan fingerprint density at radius 1 is 1.42 bits per heavy atom. The average molecular weight is 286 g/mol. The van der Waals surface area contributed by atoms with Crippen LogP contribution in [-0.2, 0) is 0 Å². The van der Waals surface area contributed by atoms with Crippen molar-refractivity contribution in [2.75, 3.05) is 0 Å². The molecule has 0 amide bonds. The van der Waals surface area contributed by atoms with Crippen LogP contribution in [0.1, 0.15) is 18.0 Å². The molecule has 0 aliphatic rings. The highest BCUT2D eigenvalue weighted by atomic mass is 32.1. The number of nitro benzene ring substituents is 1. The fraction of sp³-hybridized carbons (Fsp3) is 0.200. The van der Waals surface area contributed by atoms with E-state index in [1.54, 1.807) is 6.92 Å². The van der Waals surface area contributed by atoms with Crippen molar-refractivity contribution in [3.05, 3.63) is 38.9 Å². The van der Waals surface area contributed by atoms with E-state index in [1.807, 2.05) is 0 Å². The van der Waals surface area contributed by atoms with Gasteiger partial charge in [-0.2, -0.15) is 4.39 Å². The lowest BCUT2D eigenvalue weighted by Gasteiger charge is -2.00. The summed E-state index contributed by atoms with van der Waals surface area (Å²) in [5.74, 6) is -2.06. The minimum atomic E-state index is -1.14. The molecule has 0 fully saturated rings. The fourth-order valence-electron chi connectivity index (χ4n) is 1.39. The predicted molar refractivity (Wildman–Crippen MR) is 64.5 cm³/mol. The summed E-state index contributed by atoms with van der Waals surface area (Å²) in [6.07, 6.45) is 0. The maximum absolute atomic E-state index is 13.9. The van der Waals surface area contributed by atoms with E-state index in [2.05, 4.69) is 10.2 Å². The van der Waals surface area contributed by atoms with E-state index in [0.717, 1.165) is 17.4 Å². The highest BCUT2D eigenvalue weighted by Crippen LogP contribution is 2.33. The molecule has 1 atom stereocenters. The van der Waals surface area contributed by atoms with Crippen molar-refractivity contribution in [3.63, 3.8) is 0 Å². The minimum absolute atomic E-state index is 0.0485. The van der Waals surface area contributed by atoms with Crippen molar-refractivity contribution >= 4 is 17.0 Å². The molecule has 6 nitrogen and oxygen atoms in total. The Labute approximate surface area is 110 Å². The summed E-state index contributed by atoms with van der Waals surface area (Å²) in [7, 11) is 0. The van der Waals surface area contributed by atoms with E-state index in [9.17, 15) is 18.9 Å². The number of rotatable bonds is 3. The van der Waals surface area contributed by atoms with Gasteiger partial charge in [-0.25, -0.2) is 4.39 Å². The summed E-state index contributed by atoms with van der Waals surface area (Å²) in [6, 6.07) is 0.956. The van der Waals surface area contributed by atoms with Gasteiger partial charge in [-0.3, -0.25) is 10.1 Å². The highest BCUT2D eigenvalue weighted by Gasteiger charge is 2.23. The van der Waals surface area contributed by atoms with Gasteiger partial charge in [0, 0.05) is 0 Å². The van der Waals surface area contributed by atoms with Gasteiger partial charge in [-0.1, -0.05) is 11.3 Å². The molecule has 0 saturated heterocycles. The molecule has 19 heavy (non-hydrogen) atoms. The first kappa shape index (κ1) is 13.4. The molecule has 0 saturated carbocycles. The number of hydrogen-bond acceptors (Lipinski definition) is 6. The lowest BCUT2D eigenvalue weighted by molar-refractivity contribution is -0.387. The quantitative estimate of drug-likeness (QED) is 0.690. The van der Waals surface area contributed by atoms with E-state index in [-0.39, 0.29) is 10.6 Å². The van der Waals surface area contributed by atoms with Crippen LogP contribution in [0.5, 0.6) is 0 Å². The minimum Gasteiger partial charge on any atom is -0.322 e. The largest absolute Gasteiger partial charge is 0.322 e. The van der Waals surface area contributed by atoms with Crippen LogP contribution in [0.2, 0.25) is 0 Å². The van der Waals surface area contributed by atoms with Gasteiger partial charge >= 0.3 is 5.69 Å². The van der Waals surface area contributed by atoms with Crippen molar-refractivity contribution in [1.29, 1.82) is 0 Å². The van der Waals surface area contributed by atoms with Gasteiger partial charge in [-0.05, 0) is 13.0 Å². The third kappa shape index (κ3) is 2.56. The van der Waals surface area contributed by atoms with Crippen molar-refractivity contribution in [1.82, 2.24) is 10.2 Å². The summed E-state index contributed by atoms with van der Waals surface area (Å²) in [6.45, 7) is 1.66. The number of aromatic nitrogens is 2. The molecule has 2 N–H and O–H groups in total. The predicted octanol–water partition coefficient (Wildman–Crippen LogP) is 2.41. The summed E-state index contributed by atoms with van der Waals surface area (Å²) < 4.78 is 27.2. The maximum Gasteiger partial charge on any atom is 0.308 e. The van der Waals surface area contributed by atoms with Gasteiger partial charge in [0.05, 0.1) is 22.6 Å². The second kappa shape index (κ2) is 4.94. The maximum atomic E-state index is 13.9. The van der Waals surface area contributed by atoms with E-state index < -0.39 is 28.3 Å². The molecular formula is C10H8F2N4O2S. The normalized spacial score (nSPS) is 12.4. The number of nitrogens with two attached hydrogens (primary N) is 1. The molecule has 1 unspecified atom stereocenters. The van der Waals surface area contributed by atoms with Crippen LogP contribution < -0.4 is 5.73 Å². The van der Waals surface area contributed by atoms with Gasteiger partial charge < -0.3 is 5.73 Å². The van der Waals surface area contributed by atoms with Gasteiger partial charge in [0.2, 0.25) is 5.82 Å². The van der Waals surface area contributed by atoms with Crippen LogP contribution in [0.25, 0.3) is 10.6 Å². The Balaban J connectivity index is 2.58. The van der Waals surface area contributed by atoms with Gasteiger partial charge in [0.1, 0.15) is 10.8 Å². The molecule has 1 heterocycles. The lowest BCUT2D eigenvalue weighted by Crippen LogP contribution is -2.03. The Bertz CT molecular complexity index is 644. The van der Waals surface area contributed by atoms with Crippen LogP contribution in [0.15, 0.2) is 12.1 Å². The van der Waals surface area contributed by atoms with E-state index in [1.165, 1.54) is 0 Å². The van der Waals surface area contributed by atoms with E-state index in [0.29, 0.717) is 11.1 Å². The molecule has 0 radical (unpaired) electrons. The first-order valence-electron chi connectivity index (χ1n) is 5.13. The molecule has 9 heteroatoms. The van der Waals surface area contributed by atoms with Crippen LogP contribution in [0, 0.1) is 21.7 Å². The molecule has 0 aliphatic heterocycles. The molecule has 1 aromatic heterocycles. The molecule has 2 aromatic rings. The third-order valence-electron chi connectivity index (χ3n) is 2.28. The summed E-state index contributed by atoms with van der Waals surface area (Å²) in [4.78, 5) is 9.63. The van der Waals surface area contributed by atoms with Crippen LogP contribution in [0.3, 0.4) is 0 Å². The Kier molecular flexibility index (Phi) is 3.49. The monoisotopic (exact) mass is 286 g/mol. The molecule has 0 spiro atoms. The summed E-state index contributed by atoms with van der Waals surface area (Å²) in [5, 5.41) is 18.5. The number of nitro groups is 1. The molecule has 0 aliphatic carbocycles. The molecular weight excluding hydrogens is 278 g/mol. The van der Waals surface area contributed by atoms with Gasteiger partial charge in [-0.15, -0.1) is 10.2 Å². The summed E-state index contributed by atoms with van der Waals surface area (Å²) in [5.41, 5.74) is 4.35. The lowest BCUT2D eigenvalue weighted by atomic mass is 10.2. The Morgan fingerprint density at radius 3 is 2.63 bits per heavy atom. The van der Waals surface area contributed by atoms with Crippen LogP contribution in [0.4, 0.5) is 14.5 Å². The number of hydrogen-bond donors (Lipinski definition) is 1. The fourth-order valence-corrected chi connectivity index (χ4v) is 2.20. The van der Waals surface area contributed by atoms with Crippen molar-refractivity contribution in [3.8, 4) is 10.6 Å². The standard InChI is InChI=1S/C10H8F2N4O2S/c1-4(13)9-14-15-10(19-9)6-2-5(11)3-7(8(6)12)16(17)18/h2-4H,13H2,1H3. The highest BCUT2D eigenvalue weighted by molar-refractivity contribution is 7.14. The van der Waals surface area contributed by atoms with Crippen molar-refractivity contribution in [2.24, 2.45) is 5.73 Å². The van der Waals surface area contributed by atoms with Crippen LogP contribution in [-0.4, -0.2) is 15.1 Å². The molecule has 100 valence electrons. The van der Waals surface area contributed by atoms with E-state index in [4.69, 9.17) is 5.73 Å². The average Bonchev–Trinajstić information content (AvgIpc) is 2.80. The Hall–Kier alpha value is -2.00. The van der Waals surface area contributed by atoms with Crippen molar-refractivity contribution < 1.29 is 13.7 Å². The van der Waals surface area contributed by atoms with Crippen LogP contribution >= 0.6 is 11.3 Å². The number of halogens is 2. The zero-order valence-corrected chi connectivity index (χ0v) is 10.4. The smallest absolute Gasteiger partial charge is 0.308 e.